The summed E-state index contributed by atoms with van der Waals surface area (Å²) in [4.78, 5) is 34.3. The first-order valence-electron chi connectivity index (χ1n) is 12.3. The van der Waals surface area contributed by atoms with E-state index in [9.17, 15) is 22.8 Å². The summed E-state index contributed by atoms with van der Waals surface area (Å²) in [6.07, 6.45) is -4.33. The lowest BCUT2D eigenvalue weighted by Crippen LogP contribution is -2.60. The fourth-order valence-corrected chi connectivity index (χ4v) is 4.74. The van der Waals surface area contributed by atoms with Crippen molar-refractivity contribution in [2.75, 3.05) is 36.1 Å². The molecule has 3 aromatic rings. The molecule has 1 aromatic heterocycles. The molecule has 0 saturated carbocycles. The zero-order chi connectivity index (χ0) is 26.7. The van der Waals surface area contributed by atoms with Crippen LogP contribution in [0.15, 0.2) is 71.7 Å². The average Bonchev–Trinajstić information content (AvgIpc) is 3.22. The molecule has 2 aliphatic rings. The molecule has 1 atom stereocenters. The van der Waals surface area contributed by atoms with Gasteiger partial charge in [0, 0.05) is 39.3 Å². The van der Waals surface area contributed by atoms with Crippen LogP contribution in [-0.2, 0) is 29.1 Å². The van der Waals surface area contributed by atoms with Gasteiger partial charge in [-0.05, 0) is 17.5 Å². The molecule has 200 valence electrons. The highest BCUT2D eigenvalue weighted by Gasteiger charge is 2.49. The van der Waals surface area contributed by atoms with Crippen LogP contribution in [0, 0.1) is 0 Å². The highest BCUT2D eigenvalue weighted by Crippen LogP contribution is 2.40. The number of hydroxylamine groups is 1. The average molecular weight is 529 g/mol. The third kappa shape index (κ3) is 5.36. The summed E-state index contributed by atoms with van der Waals surface area (Å²) < 4.78 is 41.1. The van der Waals surface area contributed by atoms with Crippen LogP contribution in [-0.4, -0.2) is 59.3 Å². The quantitative estimate of drug-likeness (QED) is 0.501. The molecule has 38 heavy (non-hydrogen) atoms. The van der Waals surface area contributed by atoms with Gasteiger partial charge in [-0.2, -0.15) is 23.3 Å². The Morgan fingerprint density at radius 3 is 2.26 bits per heavy atom. The zero-order valence-corrected chi connectivity index (χ0v) is 20.5. The van der Waals surface area contributed by atoms with Crippen LogP contribution in [0.4, 0.5) is 24.5 Å². The molecule has 0 amide bonds. The summed E-state index contributed by atoms with van der Waals surface area (Å²) in [6.45, 7) is 2.61. The van der Waals surface area contributed by atoms with Crippen molar-refractivity contribution in [1.82, 2.24) is 20.0 Å². The molecule has 2 aromatic carbocycles. The van der Waals surface area contributed by atoms with E-state index in [2.05, 4.69) is 10.4 Å². The van der Waals surface area contributed by atoms with Crippen LogP contribution >= 0.6 is 0 Å². The number of fused-ring (bicyclic) bond motifs is 1. The van der Waals surface area contributed by atoms with Gasteiger partial charge in [-0.25, -0.2) is 9.48 Å². The number of alkyl halides is 3. The van der Waals surface area contributed by atoms with E-state index in [1.807, 2.05) is 65.6 Å². The highest BCUT2D eigenvalue weighted by atomic mass is 19.4. The second-order valence-electron chi connectivity index (χ2n) is 9.09. The van der Waals surface area contributed by atoms with Crippen LogP contribution in [0.5, 0.6) is 0 Å². The third-order valence-corrected chi connectivity index (χ3v) is 6.55. The van der Waals surface area contributed by atoms with Gasteiger partial charge in [-0.3, -0.25) is 9.69 Å². The minimum absolute atomic E-state index is 0.0167. The van der Waals surface area contributed by atoms with Crippen LogP contribution in [0.25, 0.3) is 0 Å². The summed E-state index contributed by atoms with van der Waals surface area (Å²) in [5, 5.41) is 8.33. The maximum absolute atomic E-state index is 13.8. The summed E-state index contributed by atoms with van der Waals surface area (Å²) in [6, 6.07) is 18.9. The van der Waals surface area contributed by atoms with Crippen LogP contribution < -0.4 is 20.8 Å². The largest absolute Gasteiger partial charge is 0.493 e. The number of nitrogens with zero attached hydrogens (tertiary/aromatic N) is 5. The Bertz CT molecular complexity index is 1310. The Kier molecular flexibility index (Phi) is 7.34. The minimum Gasteiger partial charge on any atom is -0.329 e. The number of aromatic nitrogens is 2. The van der Waals surface area contributed by atoms with E-state index in [4.69, 9.17) is 4.84 Å². The lowest BCUT2D eigenvalue weighted by molar-refractivity contribution is -0.203. The van der Waals surface area contributed by atoms with E-state index in [1.165, 1.54) is 10.9 Å². The fourth-order valence-electron chi connectivity index (χ4n) is 4.74. The molecule has 1 unspecified atom stereocenters. The number of hydrogen-bond donors (Lipinski definition) is 1. The second kappa shape index (κ2) is 10.8. The number of aryl methyl sites for hydroxylation is 2. The van der Waals surface area contributed by atoms with Gasteiger partial charge in [-0.1, -0.05) is 60.7 Å². The van der Waals surface area contributed by atoms with Gasteiger partial charge >= 0.3 is 12.1 Å². The number of hydrogen-bond acceptors (Lipinski definition) is 8. The molecule has 2 aliphatic heterocycles. The standard InChI is InChI=1S/C26H27F3N6O3/c27-26(28,29)24(37)38-35-21-17-31-34(14-11-19-7-3-1-4-8-19)23(36)22(21)33(18-20-9-5-2-6-10-20)25(35)32-15-12-30-13-16-32/h1-10,17,25,30H,11-16,18H2. The first-order valence-corrected chi connectivity index (χ1v) is 12.3. The van der Waals surface area contributed by atoms with Crippen LogP contribution in [0.3, 0.4) is 0 Å². The fraction of sp³-hybridized carbons (Fsp3) is 0.346. The summed E-state index contributed by atoms with van der Waals surface area (Å²) >= 11 is 0. The second-order valence-corrected chi connectivity index (χ2v) is 9.09. The molecule has 0 radical (unpaired) electrons. The van der Waals surface area contributed by atoms with Crippen molar-refractivity contribution >= 4 is 17.3 Å². The Hall–Kier alpha value is -3.90. The van der Waals surface area contributed by atoms with Gasteiger partial charge < -0.3 is 15.1 Å². The number of carbonyl (C=O) groups excluding carboxylic acids is 1. The monoisotopic (exact) mass is 528 g/mol. The van der Waals surface area contributed by atoms with Gasteiger partial charge in [0.05, 0.1) is 6.20 Å². The van der Waals surface area contributed by atoms with E-state index in [-0.39, 0.29) is 24.5 Å². The topological polar surface area (TPSA) is 82.9 Å². The smallest absolute Gasteiger partial charge is 0.329 e. The Balaban J connectivity index is 1.57. The molecule has 12 heteroatoms. The molecule has 0 bridgehead atoms. The Morgan fingerprint density at radius 2 is 1.63 bits per heavy atom. The number of nitrogens with one attached hydrogen (secondary N) is 1. The number of halogens is 3. The predicted molar refractivity (Wildman–Crippen MR) is 134 cm³/mol. The lowest BCUT2D eigenvalue weighted by atomic mass is 10.1. The molecule has 0 spiro atoms. The maximum atomic E-state index is 13.8. The first-order chi connectivity index (χ1) is 18.3. The molecule has 5 rings (SSSR count). The van der Waals surface area contributed by atoms with Gasteiger partial charge in [0.1, 0.15) is 11.4 Å². The van der Waals surface area contributed by atoms with Crippen molar-refractivity contribution in [3.63, 3.8) is 0 Å². The Morgan fingerprint density at radius 1 is 1.00 bits per heavy atom. The minimum atomic E-state index is -5.21. The zero-order valence-electron chi connectivity index (χ0n) is 20.5. The highest BCUT2D eigenvalue weighted by molar-refractivity contribution is 5.80. The van der Waals surface area contributed by atoms with Crippen LogP contribution in [0.2, 0.25) is 0 Å². The van der Waals surface area contributed by atoms with Crippen molar-refractivity contribution in [1.29, 1.82) is 0 Å². The number of piperazine rings is 1. The molecule has 1 N–H and O–H groups in total. The maximum Gasteiger partial charge on any atom is 0.493 e. The van der Waals surface area contributed by atoms with E-state index in [0.717, 1.165) is 16.2 Å². The number of anilines is 2. The predicted octanol–water partition coefficient (Wildman–Crippen LogP) is 2.52. The SMILES string of the molecule is O=C(ON1c2cnn(CCc3ccccc3)c(=O)c2N(Cc2ccccc2)C1N1CCNCC1)C(F)(F)F. The van der Waals surface area contributed by atoms with E-state index < -0.39 is 24.0 Å². The molecular formula is C26H27F3N6O3. The molecule has 1 fully saturated rings. The lowest BCUT2D eigenvalue weighted by Gasteiger charge is -2.41. The molecular weight excluding hydrogens is 501 g/mol. The Labute approximate surface area is 217 Å². The summed E-state index contributed by atoms with van der Waals surface area (Å²) in [5.74, 6) is -2.36. The normalized spacial score (nSPS) is 17.9. The van der Waals surface area contributed by atoms with Crippen molar-refractivity contribution in [2.45, 2.75) is 32.0 Å². The van der Waals surface area contributed by atoms with Gasteiger partial charge in [0.2, 0.25) is 0 Å². The molecule has 3 heterocycles. The first kappa shape index (κ1) is 25.7. The molecule has 1 saturated heterocycles. The van der Waals surface area contributed by atoms with E-state index in [1.54, 1.807) is 4.90 Å². The van der Waals surface area contributed by atoms with Crippen molar-refractivity contribution in [3.8, 4) is 0 Å². The molecule has 0 aliphatic carbocycles. The van der Waals surface area contributed by atoms with Crippen molar-refractivity contribution in [3.05, 3.63) is 88.3 Å². The number of rotatable bonds is 7. The summed E-state index contributed by atoms with van der Waals surface area (Å²) in [7, 11) is 0. The third-order valence-electron chi connectivity index (χ3n) is 6.55. The van der Waals surface area contributed by atoms with Gasteiger partial charge in [-0.15, -0.1) is 0 Å². The molecule has 9 nitrogen and oxygen atoms in total. The van der Waals surface area contributed by atoms with Gasteiger partial charge in [0.25, 0.3) is 5.56 Å². The van der Waals surface area contributed by atoms with Crippen molar-refractivity contribution < 1.29 is 22.8 Å². The number of benzene rings is 2. The van der Waals surface area contributed by atoms with Crippen LogP contribution in [0.1, 0.15) is 11.1 Å². The van der Waals surface area contributed by atoms with E-state index in [0.29, 0.717) is 32.6 Å². The van der Waals surface area contributed by atoms with E-state index >= 15 is 0 Å². The number of carbonyl (C=O) groups is 1. The summed E-state index contributed by atoms with van der Waals surface area (Å²) in [5.41, 5.74) is 1.54. The van der Waals surface area contributed by atoms with Crippen molar-refractivity contribution in [2.24, 2.45) is 0 Å². The van der Waals surface area contributed by atoms with Gasteiger partial charge in [0.15, 0.2) is 6.29 Å².